The number of fused-ring (bicyclic) bond motifs is 1. The summed E-state index contributed by atoms with van der Waals surface area (Å²) in [7, 11) is 0. The van der Waals surface area contributed by atoms with Gasteiger partial charge >= 0.3 is 0 Å². The van der Waals surface area contributed by atoms with Gasteiger partial charge in [-0.3, -0.25) is 4.79 Å². The molecule has 0 aliphatic carbocycles. The molecule has 0 bridgehead atoms. The lowest BCUT2D eigenvalue weighted by Crippen LogP contribution is -2.25. The number of nitrogens with zero attached hydrogens (tertiary/aromatic N) is 1. The van der Waals surface area contributed by atoms with Crippen LogP contribution in [-0.2, 0) is 17.8 Å². The first-order valence-electron chi connectivity index (χ1n) is 6.76. The maximum Gasteiger partial charge on any atom is 0.224 e. The van der Waals surface area contributed by atoms with Gasteiger partial charge in [-0.15, -0.1) is 0 Å². The van der Waals surface area contributed by atoms with Crippen LogP contribution in [0, 0.1) is 0 Å². The summed E-state index contributed by atoms with van der Waals surface area (Å²) in [4.78, 5) is 19.6. The molecule has 0 aliphatic heterocycles. The Hall–Kier alpha value is -2.04. The van der Waals surface area contributed by atoms with Crippen molar-refractivity contribution in [2.75, 3.05) is 0 Å². The summed E-state index contributed by atoms with van der Waals surface area (Å²) in [5.41, 5.74) is 2.45. The third-order valence-corrected chi connectivity index (χ3v) is 4.00. The number of benzene rings is 2. The quantitative estimate of drug-likeness (QED) is 0.764. The maximum absolute atomic E-state index is 12.0. The van der Waals surface area contributed by atoms with Crippen LogP contribution in [-0.4, -0.2) is 15.9 Å². The molecule has 4 nitrogen and oxygen atoms in total. The average molecular weight is 334 g/mol. The van der Waals surface area contributed by atoms with Crippen LogP contribution < -0.4 is 5.32 Å². The van der Waals surface area contributed by atoms with E-state index < -0.39 is 0 Å². The highest BCUT2D eigenvalue weighted by Gasteiger charge is 2.11. The Balaban J connectivity index is 1.65. The molecule has 0 fully saturated rings. The Morgan fingerprint density at radius 2 is 1.82 bits per heavy atom. The van der Waals surface area contributed by atoms with Crippen molar-refractivity contribution in [1.29, 1.82) is 0 Å². The zero-order valence-corrected chi connectivity index (χ0v) is 13.1. The normalized spacial score (nSPS) is 10.8. The fraction of sp³-hybridized carbons (Fsp3) is 0.125. The fourth-order valence-corrected chi connectivity index (χ4v) is 2.73. The van der Waals surface area contributed by atoms with E-state index in [1.54, 1.807) is 18.2 Å². The molecule has 0 saturated heterocycles. The average Bonchev–Trinajstić information content (AvgIpc) is 2.92. The Morgan fingerprint density at radius 3 is 2.55 bits per heavy atom. The van der Waals surface area contributed by atoms with Gasteiger partial charge in [-0.05, 0) is 29.8 Å². The monoisotopic (exact) mass is 333 g/mol. The number of imidazole rings is 1. The minimum Gasteiger partial charge on any atom is -0.349 e. The van der Waals surface area contributed by atoms with E-state index >= 15 is 0 Å². The van der Waals surface area contributed by atoms with Crippen molar-refractivity contribution >= 4 is 40.1 Å². The number of H-pyrrole nitrogens is 1. The largest absolute Gasteiger partial charge is 0.349 e. The number of nitrogens with one attached hydrogen (secondary N) is 2. The van der Waals surface area contributed by atoms with Crippen molar-refractivity contribution in [3.63, 3.8) is 0 Å². The number of halogens is 2. The van der Waals surface area contributed by atoms with Crippen molar-refractivity contribution in [2.45, 2.75) is 13.0 Å². The number of carbonyl (C=O) groups is 1. The molecule has 1 amide bonds. The van der Waals surface area contributed by atoms with Crippen LogP contribution in [0.5, 0.6) is 0 Å². The Labute approximate surface area is 137 Å². The van der Waals surface area contributed by atoms with Gasteiger partial charge in [-0.25, -0.2) is 4.98 Å². The fourth-order valence-electron chi connectivity index (χ4n) is 2.20. The van der Waals surface area contributed by atoms with Gasteiger partial charge in [0.1, 0.15) is 5.82 Å². The van der Waals surface area contributed by atoms with E-state index in [1.807, 2.05) is 24.3 Å². The first kappa shape index (κ1) is 14.9. The molecule has 2 N–H and O–H groups in total. The lowest BCUT2D eigenvalue weighted by Gasteiger charge is -2.07. The predicted molar refractivity (Wildman–Crippen MR) is 88.1 cm³/mol. The molecule has 1 heterocycles. The molecule has 0 saturated carbocycles. The third kappa shape index (κ3) is 3.24. The van der Waals surface area contributed by atoms with Crippen LogP contribution in [0.3, 0.4) is 0 Å². The van der Waals surface area contributed by atoms with E-state index in [9.17, 15) is 4.79 Å². The van der Waals surface area contributed by atoms with Crippen molar-refractivity contribution < 1.29 is 4.79 Å². The molecule has 0 unspecified atom stereocenters. The van der Waals surface area contributed by atoms with Gasteiger partial charge in [0.2, 0.25) is 5.91 Å². The highest BCUT2D eigenvalue weighted by atomic mass is 35.5. The molecule has 0 spiro atoms. The van der Waals surface area contributed by atoms with E-state index in [0.717, 1.165) is 11.0 Å². The van der Waals surface area contributed by atoms with Gasteiger partial charge in [0, 0.05) is 10.0 Å². The lowest BCUT2D eigenvalue weighted by molar-refractivity contribution is -0.120. The van der Waals surface area contributed by atoms with Crippen LogP contribution in [0.25, 0.3) is 11.0 Å². The molecule has 2 aromatic carbocycles. The van der Waals surface area contributed by atoms with E-state index in [-0.39, 0.29) is 12.3 Å². The summed E-state index contributed by atoms with van der Waals surface area (Å²) in [6.07, 6.45) is 0.138. The number of carbonyl (C=O) groups excluding carboxylic acids is 1. The minimum absolute atomic E-state index is 0.138. The second-order valence-corrected chi connectivity index (χ2v) is 5.67. The first-order valence-corrected chi connectivity index (χ1v) is 7.52. The molecule has 0 radical (unpaired) electrons. The molecule has 0 aliphatic rings. The zero-order chi connectivity index (χ0) is 15.5. The van der Waals surface area contributed by atoms with Gasteiger partial charge in [0.05, 0.1) is 24.0 Å². The number of para-hydroxylation sites is 2. The molecule has 112 valence electrons. The number of rotatable bonds is 4. The van der Waals surface area contributed by atoms with Crippen LogP contribution in [0.15, 0.2) is 42.5 Å². The highest BCUT2D eigenvalue weighted by Crippen LogP contribution is 2.24. The molecule has 3 rings (SSSR count). The van der Waals surface area contributed by atoms with E-state index in [1.165, 1.54) is 0 Å². The number of hydrogen-bond donors (Lipinski definition) is 2. The van der Waals surface area contributed by atoms with Gasteiger partial charge in [0.25, 0.3) is 0 Å². The smallest absolute Gasteiger partial charge is 0.224 e. The Morgan fingerprint density at radius 1 is 1.09 bits per heavy atom. The van der Waals surface area contributed by atoms with Crippen molar-refractivity contribution in [2.24, 2.45) is 0 Å². The first-order chi connectivity index (χ1) is 10.6. The maximum atomic E-state index is 12.0. The van der Waals surface area contributed by atoms with Crippen molar-refractivity contribution in [1.82, 2.24) is 15.3 Å². The predicted octanol–water partition coefficient (Wildman–Crippen LogP) is 3.73. The summed E-state index contributed by atoms with van der Waals surface area (Å²) >= 11 is 12.1. The van der Waals surface area contributed by atoms with Crippen LogP contribution in [0.1, 0.15) is 11.4 Å². The second kappa shape index (κ2) is 6.38. The summed E-state index contributed by atoms with van der Waals surface area (Å²) in [6.45, 7) is 0.329. The number of aromatic nitrogens is 2. The van der Waals surface area contributed by atoms with Crippen molar-refractivity contribution in [3.05, 3.63) is 63.9 Å². The SMILES string of the molecule is O=C(Cc1c(Cl)cccc1Cl)NCc1nc2ccccc2[nH]1. The van der Waals surface area contributed by atoms with E-state index in [0.29, 0.717) is 28.0 Å². The highest BCUT2D eigenvalue weighted by molar-refractivity contribution is 6.36. The Kier molecular flexibility index (Phi) is 4.32. The third-order valence-electron chi connectivity index (χ3n) is 3.29. The summed E-state index contributed by atoms with van der Waals surface area (Å²) in [5, 5.41) is 3.80. The summed E-state index contributed by atoms with van der Waals surface area (Å²) in [6, 6.07) is 12.9. The Bertz CT molecular complexity index is 776. The second-order valence-electron chi connectivity index (χ2n) is 4.85. The summed E-state index contributed by atoms with van der Waals surface area (Å²) in [5.74, 6) is 0.551. The van der Waals surface area contributed by atoms with Gasteiger partial charge in [-0.2, -0.15) is 0 Å². The summed E-state index contributed by atoms with van der Waals surface area (Å²) < 4.78 is 0. The molecule has 22 heavy (non-hydrogen) atoms. The van der Waals surface area contributed by atoms with E-state index in [4.69, 9.17) is 23.2 Å². The number of amides is 1. The standard InChI is InChI=1S/C16H13Cl2N3O/c17-11-4-3-5-12(18)10(11)8-16(22)19-9-15-20-13-6-1-2-7-14(13)21-15/h1-7H,8-9H2,(H,19,22)(H,20,21). The zero-order valence-electron chi connectivity index (χ0n) is 11.6. The van der Waals surface area contributed by atoms with Gasteiger partial charge in [0.15, 0.2) is 0 Å². The van der Waals surface area contributed by atoms with Crippen LogP contribution >= 0.6 is 23.2 Å². The van der Waals surface area contributed by atoms with E-state index in [2.05, 4.69) is 15.3 Å². The molecule has 6 heteroatoms. The van der Waals surface area contributed by atoms with Crippen molar-refractivity contribution in [3.8, 4) is 0 Å². The number of aromatic amines is 1. The van der Waals surface area contributed by atoms with Gasteiger partial charge < -0.3 is 10.3 Å². The molecule has 0 atom stereocenters. The van der Waals surface area contributed by atoms with Crippen LogP contribution in [0.2, 0.25) is 10.0 Å². The molecular weight excluding hydrogens is 321 g/mol. The van der Waals surface area contributed by atoms with Crippen LogP contribution in [0.4, 0.5) is 0 Å². The number of hydrogen-bond acceptors (Lipinski definition) is 2. The molecule has 1 aromatic heterocycles. The topological polar surface area (TPSA) is 57.8 Å². The molecule has 3 aromatic rings. The minimum atomic E-state index is -0.157. The van der Waals surface area contributed by atoms with Gasteiger partial charge in [-0.1, -0.05) is 41.4 Å². The lowest BCUT2D eigenvalue weighted by atomic mass is 10.1. The molecular formula is C16H13Cl2N3O.